The molecule has 2 aromatic rings. The first-order valence-corrected chi connectivity index (χ1v) is 6.04. The third-order valence-electron chi connectivity index (χ3n) is 3.45. The van der Waals surface area contributed by atoms with Gasteiger partial charge in [0.05, 0.1) is 0 Å². The van der Waals surface area contributed by atoms with Crippen LogP contribution in [0.15, 0.2) is 42.5 Å². The van der Waals surface area contributed by atoms with Gasteiger partial charge in [0.25, 0.3) is 0 Å². The van der Waals surface area contributed by atoms with E-state index < -0.39 is 0 Å². The summed E-state index contributed by atoms with van der Waals surface area (Å²) in [5, 5.41) is 0. The van der Waals surface area contributed by atoms with E-state index in [1.165, 1.54) is 11.1 Å². The number of hydrogen-bond acceptors (Lipinski definition) is 1. The van der Waals surface area contributed by atoms with Crippen molar-refractivity contribution in [1.29, 1.82) is 0 Å². The number of fused-ring (bicyclic) bond motifs is 3. The first-order chi connectivity index (χ1) is 8.29. The number of carbonyl (C=O) groups excluding carboxylic acids is 1. The number of ketones is 1. The van der Waals surface area contributed by atoms with Gasteiger partial charge in [-0.1, -0.05) is 49.4 Å². The number of aryl methyl sites for hydroxylation is 1. The zero-order valence-electron chi connectivity index (χ0n) is 9.86. The fourth-order valence-electron chi connectivity index (χ4n) is 2.48. The minimum absolute atomic E-state index is 0.234. The molecule has 2 aromatic carbocycles. The first kappa shape index (κ1) is 10.3. The molecular weight excluding hydrogens is 208 g/mol. The van der Waals surface area contributed by atoms with Gasteiger partial charge in [0.15, 0.2) is 5.78 Å². The standard InChI is InChI=1S/C16H14O/c1-2-11-7-8-12-10-16(17)14-6-4-3-5-13(14)15(12)9-11/h3-9H,2,10H2,1H3. The van der Waals surface area contributed by atoms with E-state index in [-0.39, 0.29) is 5.78 Å². The predicted octanol–water partition coefficient (Wildman–Crippen LogP) is 3.65. The second-order valence-electron chi connectivity index (χ2n) is 4.49. The molecule has 1 aliphatic rings. The minimum atomic E-state index is 0.234. The molecule has 0 N–H and O–H groups in total. The Morgan fingerprint density at radius 1 is 1.00 bits per heavy atom. The van der Waals surface area contributed by atoms with Crippen molar-refractivity contribution in [2.24, 2.45) is 0 Å². The fourth-order valence-corrected chi connectivity index (χ4v) is 2.48. The minimum Gasteiger partial charge on any atom is -0.294 e. The predicted molar refractivity (Wildman–Crippen MR) is 69.3 cm³/mol. The number of hydrogen-bond donors (Lipinski definition) is 0. The molecular formula is C16H14O. The Bertz CT molecular complexity index is 596. The molecule has 0 spiro atoms. The molecule has 0 bridgehead atoms. The summed E-state index contributed by atoms with van der Waals surface area (Å²) in [5.41, 5.74) is 5.68. The molecule has 17 heavy (non-hydrogen) atoms. The molecule has 0 aliphatic heterocycles. The van der Waals surface area contributed by atoms with Crippen LogP contribution in [0.3, 0.4) is 0 Å². The maximum absolute atomic E-state index is 12.0. The normalized spacial score (nSPS) is 13.1. The van der Waals surface area contributed by atoms with Crippen molar-refractivity contribution in [3.63, 3.8) is 0 Å². The molecule has 0 saturated carbocycles. The van der Waals surface area contributed by atoms with Gasteiger partial charge in [0, 0.05) is 12.0 Å². The van der Waals surface area contributed by atoms with Crippen LogP contribution in [0.2, 0.25) is 0 Å². The molecule has 0 heterocycles. The fraction of sp³-hybridized carbons (Fsp3) is 0.188. The summed E-state index contributed by atoms with van der Waals surface area (Å²) < 4.78 is 0. The van der Waals surface area contributed by atoms with Gasteiger partial charge >= 0.3 is 0 Å². The van der Waals surface area contributed by atoms with Crippen LogP contribution in [0.4, 0.5) is 0 Å². The van der Waals surface area contributed by atoms with Gasteiger partial charge in [-0.15, -0.1) is 0 Å². The third-order valence-corrected chi connectivity index (χ3v) is 3.45. The highest BCUT2D eigenvalue weighted by Gasteiger charge is 2.21. The van der Waals surface area contributed by atoms with E-state index in [2.05, 4.69) is 25.1 Å². The summed E-state index contributed by atoms with van der Waals surface area (Å²) >= 11 is 0. The third kappa shape index (κ3) is 1.59. The Hall–Kier alpha value is -1.89. The van der Waals surface area contributed by atoms with Crippen molar-refractivity contribution in [2.75, 3.05) is 0 Å². The summed E-state index contributed by atoms with van der Waals surface area (Å²) in [7, 11) is 0. The SMILES string of the molecule is CCc1ccc2c(c1)-c1ccccc1C(=O)C2. The second kappa shape index (κ2) is 3.85. The van der Waals surface area contributed by atoms with Crippen molar-refractivity contribution in [2.45, 2.75) is 19.8 Å². The van der Waals surface area contributed by atoms with Gasteiger partial charge < -0.3 is 0 Å². The van der Waals surface area contributed by atoms with Crippen LogP contribution in [0.1, 0.15) is 28.4 Å². The van der Waals surface area contributed by atoms with E-state index in [0.29, 0.717) is 6.42 Å². The number of benzene rings is 2. The smallest absolute Gasteiger partial charge is 0.167 e. The summed E-state index contributed by atoms with van der Waals surface area (Å²) in [6.45, 7) is 2.15. The second-order valence-corrected chi connectivity index (χ2v) is 4.49. The van der Waals surface area contributed by atoms with Gasteiger partial charge in [-0.3, -0.25) is 4.79 Å². The van der Waals surface area contributed by atoms with Gasteiger partial charge in [0.1, 0.15) is 0 Å². The van der Waals surface area contributed by atoms with Crippen LogP contribution in [-0.4, -0.2) is 5.78 Å². The zero-order valence-corrected chi connectivity index (χ0v) is 9.86. The summed E-state index contributed by atoms with van der Waals surface area (Å²) in [5.74, 6) is 0.234. The molecule has 0 fully saturated rings. The molecule has 0 amide bonds. The van der Waals surface area contributed by atoms with E-state index in [4.69, 9.17) is 0 Å². The van der Waals surface area contributed by atoms with Gasteiger partial charge in [-0.2, -0.15) is 0 Å². The van der Waals surface area contributed by atoms with E-state index >= 15 is 0 Å². The molecule has 84 valence electrons. The molecule has 0 aromatic heterocycles. The van der Waals surface area contributed by atoms with Crippen molar-refractivity contribution < 1.29 is 4.79 Å². The van der Waals surface area contributed by atoms with E-state index in [0.717, 1.165) is 23.1 Å². The first-order valence-electron chi connectivity index (χ1n) is 6.04. The lowest BCUT2D eigenvalue weighted by molar-refractivity contribution is 0.0992. The highest BCUT2D eigenvalue weighted by atomic mass is 16.1. The molecule has 3 rings (SSSR count). The summed E-state index contributed by atoms with van der Waals surface area (Å²) in [4.78, 5) is 12.0. The Labute approximate surface area is 101 Å². The average Bonchev–Trinajstić information content (AvgIpc) is 2.39. The molecule has 1 aliphatic carbocycles. The lowest BCUT2D eigenvalue weighted by Crippen LogP contribution is -2.12. The molecule has 0 saturated heterocycles. The van der Waals surface area contributed by atoms with Crippen molar-refractivity contribution in [3.8, 4) is 11.1 Å². The van der Waals surface area contributed by atoms with Crippen LogP contribution in [0.25, 0.3) is 11.1 Å². The number of rotatable bonds is 1. The van der Waals surface area contributed by atoms with Crippen LogP contribution in [0.5, 0.6) is 0 Å². The van der Waals surface area contributed by atoms with Crippen LogP contribution in [-0.2, 0) is 12.8 Å². The Morgan fingerprint density at radius 2 is 1.76 bits per heavy atom. The maximum Gasteiger partial charge on any atom is 0.167 e. The topological polar surface area (TPSA) is 17.1 Å². The van der Waals surface area contributed by atoms with Crippen LogP contribution < -0.4 is 0 Å². The molecule has 0 radical (unpaired) electrons. The maximum atomic E-state index is 12.0. The van der Waals surface area contributed by atoms with Crippen molar-refractivity contribution >= 4 is 5.78 Å². The van der Waals surface area contributed by atoms with Gasteiger partial charge in [-0.05, 0) is 28.7 Å². The van der Waals surface area contributed by atoms with Crippen molar-refractivity contribution in [1.82, 2.24) is 0 Å². The zero-order chi connectivity index (χ0) is 11.8. The number of carbonyl (C=O) groups is 1. The monoisotopic (exact) mass is 222 g/mol. The lowest BCUT2D eigenvalue weighted by atomic mass is 9.84. The highest BCUT2D eigenvalue weighted by molar-refractivity contribution is 6.07. The Morgan fingerprint density at radius 3 is 2.53 bits per heavy atom. The van der Waals surface area contributed by atoms with Gasteiger partial charge in [0.2, 0.25) is 0 Å². The number of Topliss-reactive ketones (excluding diaryl/α,β-unsaturated/α-hetero) is 1. The van der Waals surface area contributed by atoms with E-state index in [1.807, 2.05) is 24.3 Å². The highest BCUT2D eigenvalue weighted by Crippen LogP contribution is 2.33. The average molecular weight is 222 g/mol. The quantitative estimate of drug-likeness (QED) is 0.719. The van der Waals surface area contributed by atoms with Gasteiger partial charge in [-0.25, -0.2) is 0 Å². The lowest BCUT2D eigenvalue weighted by Gasteiger charge is -2.19. The van der Waals surface area contributed by atoms with Crippen LogP contribution in [0, 0.1) is 0 Å². The van der Waals surface area contributed by atoms with Crippen LogP contribution >= 0.6 is 0 Å². The summed E-state index contributed by atoms with van der Waals surface area (Å²) in [6.07, 6.45) is 1.57. The largest absolute Gasteiger partial charge is 0.294 e. The van der Waals surface area contributed by atoms with Crippen molar-refractivity contribution in [3.05, 3.63) is 59.2 Å². The molecule has 0 atom stereocenters. The molecule has 0 unspecified atom stereocenters. The van der Waals surface area contributed by atoms with E-state index in [1.54, 1.807) is 0 Å². The van der Waals surface area contributed by atoms with E-state index in [9.17, 15) is 4.79 Å². The summed E-state index contributed by atoms with van der Waals surface area (Å²) in [6, 6.07) is 14.4. The molecule has 1 heteroatoms. The Kier molecular flexibility index (Phi) is 2.32. The molecule has 1 nitrogen and oxygen atoms in total. The Balaban J connectivity index is 2.27.